The third-order valence-corrected chi connectivity index (χ3v) is 6.41. The van der Waals surface area contributed by atoms with Gasteiger partial charge in [0.05, 0.1) is 6.04 Å². The Hall–Kier alpha value is -0.810. The molecule has 4 bridgehead atoms. The molecule has 4 heterocycles. The molecule has 0 aliphatic carbocycles. The van der Waals surface area contributed by atoms with Gasteiger partial charge in [-0.05, 0) is 78.1 Å². The van der Waals surface area contributed by atoms with Crippen LogP contribution in [-0.2, 0) is 4.74 Å². The van der Waals surface area contributed by atoms with Gasteiger partial charge in [-0.2, -0.15) is 0 Å². The average Bonchev–Trinajstić information content (AvgIpc) is 3.08. The van der Waals surface area contributed by atoms with E-state index in [1.54, 1.807) is 0 Å². The van der Waals surface area contributed by atoms with Crippen molar-refractivity contribution in [2.45, 2.75) is 122 Å². The van der Waals surface area contributed by atoms with Crippen LogP contribution in [0.15, 0.2) is 0 Å². The number of ether oxygens (including phenoxy) is 1. The van der Waals surface area contributed by atoms with Gasteiger partial charge in [-0.25, -0.2) is 4.79 Å². The van der Waals surface area contributed by atoms with Crippen LogP contribution in [0.2, 0.25) is 0 Å². The first-order valence-corrected chi connectivity index (χ1v) is 10.3. The van der Waals surface area contributed by atoms with Crippen molar-refractivity contribution in [2.24, 2.45) is 11.7 Å². The van der Waals surface area contributed by atoms with E-state index in [0.29, 0.717) is 6.04 Å². The monoisotopic (exact) mass is 367 g/mol. The maximum absolute atomic E-state index is 12.1. The molecular weight excluding hydrogens is 326 g/mol. The molecule has 6 atom stereocenters. The van der Waals surface area contributed by atoms with Gasteiger partial charge in [0.15, 0.2) is 0 Å². The predicted octanol–water partition coefficient (Wildman–Crippen LogP) is 4.05. The van der Waals surface area contributed by atoms with E-state index in [1.807, 2.05) is 25.7 Å². The van der Waals surface area contributed by atoms with Crippen LogP contribution in [-0.4, -0.2) is 46.8 Å². The SMILES string of the molecule is C.CC(C)(C)OC(=O)N1[C@@H]2CC[C@@H](N)[C@H]1CC2.C[C@@H]1CC[C@@H]2CC[C@H]1N2. The van der Waals surface area contributed by atoms with Crippen molar-refractivity contribution >= 4 is 6.09 Å². The molecular formula is C21H41N3O2. The Morgan fingerprint density at radius 3 is 2.35 bits per heavy atom. The number of hydrogen-bond donors (Lipinski definition) is 2. The Morgan fingerprint density at radius 2 is 1.69 bits per heavy atom. The highest BCUT2D eigenvalue weighted by Crippen LogP contribution is 2.36. The van der Waals surface area contributed by atoms with Crippen molar-refractivity contribution in [2.75, 3.05) is 0 Å². The molecule has 26 heavy (non-hydrogen) atoms. The van der Waals surface area contributed by atoms with E-state index in [-0.39, 0.29) is 25.6 Å². The summed E-state index contributed by atoms with van der Waals surface area (Å²) >= 11 is 0. The largest absolute Gasteiger partial charge is 0.444 e. The number of carbonyl (C=O) groups is 1. The standard InChI is InChI=1S/C12H22N2O2.C8H15N.CH4/c1-12(2,3)16-11(15)14-8-4-6-9(13)10(14)7-5-8;1-6-2-3-7-4-5-8(6)9-7;/h8-10H,4-7,13H2,1-3H3;6-9H,2-5H2,1H3;1H4/t8-,9-,10-;6-,7-,8-;/m11./s1. The molecule has 5 nitrogen and oxygen atoms in total. The minimum Gasteiger partial charge on any atom is -0.444 e. The highest BCUT2D eigenvalue weighted by atomic mass is 16.6. The molecule has 4 saturated heterocycles. The zero-order chi connectivity index (χ0) is 18.2. The third kappa shape index (κ3) is 4.92. The summed E-state index contributed by atoms with van der Waals surface area (Å²) in [5.41, 5.74) is 5.64. The average molecular weight is 368 g/mol. The van der Waals surface area contributed by atoms with E-state index in [9.17, 15) is 4.79 Å². The molecule has 0 spiro atoms. The van der Waals surface area contributed by atoms with E-state index >= 15 is 0 Å². The molecule has 4 aliphatic heterocycles. The van der Waals surface area contributed by atoms with Crippen molar-refractivity contribution < 1.29 is 9.53 Å². The van der Waals surface area contributed by atoms with Crippen LogP contribution in [0.5, 0.6) is 0 Å². The zero-order valence-electron chi connectivity index (χ0n) is 16.5. The molecule has 4 aliphatic rings. The topological polar surface area (TPSA) is 67.6 Å². The van der Waals surface area contributed by atoms with Gasteiger partial charge >= 0.3 is 6.09 Å². The van der Waals surface area contributed by atoms with Gasteiger partial charge in [-0.15, -0.1) is 0 Å². The van der Waals surface area contributed by atoms with Crippen molar-refractivity contribution in [1.82, 2.24) is 10.2 Å². The first kappa shape index (κ1) is 21.5. The maximum atomic E-state index is 12.1. The first-order chi connectivity index (χ1) is 11.7. The summed E-state index contributed by atoms with van der Waals surface area (Å²) < 4.78 is 5.44. The van der Waals surface area contributed by atoms with Gasteiger partial charge in [0.25, 0.3) is 0 Å². The number of hydrogen-bond acceptors (Lipinski definition) is 4. The predicted molar refractivity (Wildman–Crippen MR) is 107 cm³/mol. The highest BCUT2D eigenvalue weighted by molar-refractivity contribution is 5.69. The third-order valence-electron chi connectivity index (χ3n) is 6.41. The number of nitrogens with zero attached hydrogens (tertiary/aromatic N) is 1. The second-order valence-electron chi connectivity index (χ2n) is 9.53. The van der Waals surface area contributed by atoms with Crippen molar-refractivity contribution in [3.63, 3.8) is 0 Å². The van der Waals surface area contributed by atoms with E-state index in [4.69, 9.17) is 10.5 Å². The fourth-order valence-corrected chi connectivity index (χ4v) is 4.98. The minimum atomic E-state index is -0.419. The molecule has 0 saturated carbocycles. The van der Waals surface area contributed by atoms with Gasteiger partial charge in [0, 0.05) is 24.2 Å². The number of piperidine rings is 2. The molecule has 152 valence electrons. The van der Waals surface area contributed by atoms with E-state index in [1.165, 1.54) is 25.7 Å². The molecule has 0 radical (unpaired) electrons. The number of nitrogens with one attached hydrogen (secondary N) is 1. The minimum absolute atomic E-state index is 0. The van der Waals surface area contributed by atoms with Crippen LogP contribution in [0.25, 0.3) is 0 Å². The zero-order valence-corrected chi connectivity index (χ0v) is 16.5. The molecule has 3 N–H and O–H groups in total. The lowest BCUT2D eigenvalue weighted by molar-refractivity contribution is 0.00504. The van der Waals surface area contributed by atoms with Crippen LogP contribution in [0.4, 0.5) is 4.79 Å². The number of amides is 1. The second kappa shape index (κ2) is 8.47. The maximum Gasteiger partial charge on any atom is 0.410 e. The van der Waals surface area contributed by atoms with Gasteiger partial charge in [0.1, 0.15) is 5.60 Å². The van der Waals surface area contributed by atoms with Crippen molar-refractivity contribution in [1.29, 1.82) is 0 Å². The first-order valence-electron chi connectivity index (χ1n) is 10.3. The Labute approximate surface area is 160 Å². The summed E-state index contributed by atoms with van der Waals surface area (Å²) in [5, 5.41) is 3.64. The van der Waals surface area contributed by atoms with Gasteiger partial charge in [-0.3, -0.25) is 0 Å². The van der Waals surface area contributed by atoms with Crippen LogP contribution in [0.1, 0.15) is 86.5 Å². The molecule has 1 amide bonds. The lowest BCUT2D eigenvalue weighted by Gasteiger charge is -2.39. The molecule has 0 unspecified atom stereocenters. The van der Waals surface area contributed by atoms with E-state index in [0.717, 1.165) is 43.7 Å². The number of carbonyl (C=O) groups excluding carboxylic acids is 1. The summed E-state index contributed by atoms with van der Waals surface area (Å²) in [4.78, 5) is 14.0. The fourth-order valence-electron chi connectivity index (χ4n) is 4.98. The Bertz CT molecular complexity index is 476. The number of nitrogens with two attached hydrogens (primary N) is 1. The number of fused-ring (bicyclic) bond motifs is 4. The highest BCUT2D eigenvalue weighted by Gasteiger charge is 2.45. The summed E-state index contributed by atoms with van der Waals surface area (Å²) in [6, 6.07) is 2.47. The molecule has 5 heteroatoms. The summed E-state index contributed by atoms with van der Waals surface area (Å²) in [5.74, 6) is 0.948. The summed E-state index contributed by atoms with van der Waals surface area (Å²) in [6.45, 7) is 8.07. The Kier molecular flexibility index (Phi) is 7.00. The lowest BCUT2D eigenvalue weighted by Crippen LogP contribution is -2.54. The lowest BCUT2D eigenvalue weighted by atomic mass is 9.94. The normalized spacial score (nSPS) is 38.1. The van der Waals surface area contributed by atoms with Gasteiger partial charge < -0.3 is 20.7 Å². The number of rotatable bonds is 0. The molecule has 0 aromatic carbocycles. The smallest absolute Gasteiger partial charge is 0.410 e. The molecule has 0 aromatic rings. The Balaban J connectivity index is 0.000000206. The Morgan fingerprint density at radius 1 is 1.04 bits per heavy atom. The quantitative estimate of drug-likeness (QED) is 0.678. The fraction of sp³-hybridized carbons (Fsp3) is 0.952. The molecule has 4 fully saturated rings. The van der Waals surface area contributed by atoms with Gasteiger partial charge in [0.2, 0.25) is 0 Å². The summed E-state index contributed by atoms with van der Waals surface area (Å²) in [6.07, 6.45) is 9.75. The molecule has 0 aromatic heterocycles. The van der Waals surface area contributed by atoms with Gasteiger partial charge in [-0.1, -0.05) is 14.4 Å². The van der Waals surface area contributed by atoms with Crippen LogP contribution < -0.4 is 11.1 Å². The van der Waals surface area contributed by atoms with Crippen LogP contribution in [0, 0.1) is 5.92 Å². The van der Waals surface area contributed by atoms with Crippen LogP contribution >= 0.6 is 0 Å². The van der Waals surface area contributed by atoms with Crippen molar-refractivity contribution in [3.8, 4) is 0 Å². The van der Waals surface area contributed by atoms with Crippen molar-refractivity contribution in [3.05, 3.63) is 0 Å². The van der Waals surface area contributed by atoms with E-state index in [2.05, 4.69) is 12.2 Å². The van der Waals surface area contributed by atoms with E-state index < -0.39 is 5.60 Å². The second-order valence-corrected chi connectivity index (χ2v) is 9.53. The summed E-state index contributed by atoms with van der Waals surface area (Å²) in [7, 11) is 0. The van der Waals surface area contributed by atoms with Crippen LogP contribution in [0.3, 0.4) is 0 Å². The molecule has 4 rings (SSSR count).